The molecule has 4 nitrogen and oxygen atoms in total. The van der Waals surface area contributed by atoms with E-state index < -0.39 is 0 Å². The molecule has 1 aliphatic carbocycles. The predicted octanol–water partition coefficient (Wildman–Crippen LogP) is 4.44. The van der Waals surface area contributed by atoms with E-state index in [1.54, 1.807) is 24.3 Å². The zero-order valence-corrected chi connectivity index (χ0v) is 14.9. The number of hydrogen-bond acceptors (Lipinski definition) is 4. The summed E-state index contributed by atoms with van der Waals surface area (Å²) in [6.07, 6.45) is 4.79. The molecule has 0 spiro atoms. The van der Waals surface area contributed by atoms with Crippen LogP contribution in [0.2, 0.25) is 0 Å². The zero-order chi connectivity index (χ0) is 17.2. The smallest absolute Gasteiger partial charge is 0.274 e. The van der Waals surface area contributed by atoms with Gasteiger partial charge in [0.05, 0.1) is 6.04 Å². The second-order valence-corrected chi connectivity index (χ2v) is 7.46. The lowest BCUT2D eigenvalue weighted by Gasteiger charge is -2.21. The molecule has 5 heteroatoms. The molecule has 1 aliphatic rings. The molecule has 0 bridgehead atoms. The van der Waals surface area contributed by atoms with Gasteiger partial charge in [0, 0.05) is 10.9 Å². The molecular weight excluding hydrogens is 332 g/mol. The second-order valence-electron chi connectivity index (χ2n) is 6.48. The summed E-state index contributed by atoms with van der Waals surface area (Å²) < 4.78 is 5.03. The summed E-state index contributed by atoms with van der Waals surface area (Å²) in [6.45, 7) is 1.78. The first-order valence-corrected chi connectivity index (χ1v) is 9.48. The quantitative estimate of drug-likeness (QED) is 0.755. The Morgan fingerprint density at radius 2 is 2.04 bits per heavy atom. The number of aromatic nitrogens is 1. The number of hydrogen-bond donors (Lipinski definition) is 1. The van der Waals surface area contributed by atoms with Crippen molar-refractivity contribution in [1.29, 1.82) is 0 Å². The number of rotatable bonds is 4. The monoisotopic (exact) mass is 352 g/mol. The predicted molar refractivity (Wildman–Crippen MR) is 98.0 cm³/mol. The summed E-state index contributed by atoms with van der Waals surface area (Å²) in [6, 6.07) is 12.2. The van der Waals surface area contributed by atoms with Gasteiger partial charge in [-0.1, -0.05) is 29.4 Å². The molecule has 0 radical (unpaired) electrons. The zero-order valence-electron chi connectivity index (χ0n) is 14.1. The molecule has 1 atom stereocenters. The second kappa shape index (κ2) is 6.84. The molecule has 3 aromatic rings. The number of nitrogens with zero attached hydrogens (tertiary/aromatic N) is 1. The Labute approximate surface area is 150 Å². The van der Waals surface area contributed by atoms with Crippen molar-refractivity contribution in [3.05, 3.63) is 74.8 Å². The summed E-state index contributed by atoms with van der Waals surface area (Å²) in [5.74, 6) is 0.416. The fraction of sp³-hybridized carbons (Fsp3) is 0.300. The largest absolute Gasteiger partial charge is 0.361 e. The summed E-state index contributed by atoms with van der Waals surface area (Å²) in [4.78, 5) is 13.7. The van der Waals surface area contributed by atoms with Crippen molar-refractivity contribution in [2.24, 2.45) is 0 Å². The van der Waals surface area contributed by atoms with Crippen LogP contribution in [0.5, 0.6) is 0 Å². The minimum absolute atomic E-state index is 0.170. The molecule has 0 saturated heterocycles. The first-order chi connectivity index (χ1) is 12.2. The highest BCUT2D eigenvalue weighted by atomic mass is 32.1. The summed E-state index contributed by atoms with van der Waals surface area (Å²) >= 11 is 1.65. The molecular formula is C20H20N2O2S. The van der Waals surface area contributed by atoms with Crippen molar-refractivity contribution in [3.63, 3.8) is 0 Å². The van der Waals surface area contributed by atoms with Gasteiger partial charge in [0.15, 0.2) is 5.69 Å². The summed E-state index contributed by atoms with van der Waals surface area (Å²) in [7, 11) is 0. The maximum atomic E-state index is 12.6. The van der Waals surface area contributed by atoms with Gasteiger partial charge in [-0.15, -0.1) is 11.3 Å². The number of benzene rings is 1. The van der Waals surface area contributed by atoms with E-state index in [2.05, 4.69) is 34.7 Å². The van der Waals surface area contributed by atoms with Crippen molar-refractivity contribution < 1.29 is 9.32 Å². The van der Waals surface area contributed by atoms with E-state index in [4.69, 9.17) is 4.52 Å². The molecule has 0 saturated carbocycles. The third kappa shape index (κ3) is 3.37. The van der Waals surface area contributed by atoms with Crippen LogP contribution in [-0.2, 0) is 12.8 Å². The molecule has 2 aromatic heterocycles. The van der Waals surface area contributed by atoms with Gasteiger partial charge in [-0.05, 0) is 60.7 Å². The van der Waals surface area contributed by atoms with Crippen LogP contribution in [0.15, 0.2) is 46.3 Å². The number of carbonyl (C=O) groups excluding carboxylic acids is 1. The highest BCUT2D eigenvalue weighted by Gasteiger charge is 2.22. The van der Waals surface area contributed by atoms with Gasteiger partial charge in [0.2, 0.25) is 0 Å². The van der Waals surface area contributed by atoms with E-state index in [0.717, 1.165) is 23.3 Å². The SMILES string of the molecule is Cc1cc(C(=O)NC(c2ccc3c(c2)CCCC3)c2cccs2)no1. The standard InChI is InChI=1S/C20H20N2O2S/c1-13-11-17(22-24-13)20(23)21-19(18-7-4-10-25-18)16-9-8-14-5-2-3-6-15(14)12-16/h4,7-12,19H,2-3,5-6H2,1H3,(H,21,23). The molecule has 1 N–H and O–H groups in total. The molecule has 0 aliphatic heterocycles. The van der Waals surface area contributed by atoms with Crippen LogP contribution in [0.1, 0.15) is 56.7 Å². The topological polar surface area (TPSA) is 55.1 Å². The Kier molecular flexibility index (Phi) is 4.40. The van der Waals surface area contributed by atoms with Crippen molar-refractivity contribution >= 4 is 17.2 Å². The van der Waals surface area contributed by atoms with E-state index in [1.807, 2.05) is 11.4 Å². The number of fused-ring (bicyclic) bond motifs is 1. The molecule has 4 rings (SSSR count). The molecule has 2 heterocycles. The van der Waals surface area contributed by atoms with Gasteiger partial charge in [0.1, 0.15) is 5.76 Å². The molecule has 128 valence electrons. The Hall–Kier alpha value is -2.40. The van der Waals surface area contributed by atoms with Crippen LogP contribution in [0.4, 0.5) is 0 Å². The lowest BCUT2D eigenvalue weighted by atomic mass is 9.89. The van der Waals surface area contributed by atoms with Gasteiger partial charge >= 0.3 is 0 Å². The number of carbonyl (C=O) groups is 1. The highest BCUT2D eigenvalue weighted by molar-refractivity contribution is 7.10. The Balaban J connectivity index is 1.66. The number of aryl methyl sites for hydroxylation is 3. The number of amides is 1. The normalized spacial score (nSPS) is 14.8. The molecule has 25 heavy (non-hydrogen) atoms. The van der Waals surface area contributed by atoms with Crippen molar-refractivity contribution in [2.45, 2.75) is 38.6 Å². The van der Waals surface area contributed by atoms with Gasteiger partial charge in [-0.3, -0.25) is 4.79 Å². The Bertz CT molecular complexity index is 883. The van der Waals surface area contributed by atoms with E-state index in [1.165, 1.54) is 24.0 Å². The summed E-state index contributed by atoms with van der Waals surface area (Å²) in [5.41, 5.74) is 4.30. The maximum absolute atomic E-state index is 12.6. The molecule has 1 aromatic carbocycles. The van der Waals surface area contributed by atoms with E-state index >= 15 is 0 Å². The highest BCUT2D eigenvalue weighted by Crippen LogP contribution is 2.30. The Morgan fingerprint density at radius 1 is 1.20 bits per heavy atom. The number of thiophene rings is 1. The van der Waals surface area contributed by atoms with Crippen LogP contribution >= 0.6 is 11.3 Å². The Morgan fingerprint density at radius 3 is 2.76 bits per heavy atom. The lowest BCUT2D eigenvalue weighted by Crippen LogP contribution is -2.29. The van der Waals surface area contributed by atoms with Crippen LogP contribution in [0, 0.1) is 6.92 Å². The first-order valence-electron chi connectivity index (χ1n) is 8.60. The fourth-order valence-corrected chi connectivity index (χ4v) is 4.19. The molecule has 1 amide bonds. The lowest BCUT2D eigenvalue weighted by molar-refractivity contribution is 0.0934. The minimum atomic E-state index is -0.215. The first kappa shape index (κ1) is 16.1. The van der Waals surface area contributed by atoms with E-state index in [-0.39, 0.29) is 11.9 Å². The van der Waals surface area contributed by atoms with Crippen LogP contribution < -0.4 is 5.32 Å². The van der Waals surface area contributed by atoms with Crippen LogP contribution in [-0.4, -0.2) is 11.1 Å². The average Bonchev–Trinajstić information content (AvgIpc) is 3.31. The van der Waals surface area contributed by atoms with Gasteiger partial charge < -0.3 is 9.84 Å². The maximum Gasteiger partial charge on any atom is 0.274 e. The van der Waals surface area contributed by atoms with Crippen molar-refractivity contribution in [2.75, 3.05) is 0 Å². The molecule has 1 unspecified atom stereocenters. The van der Waals surface area contributed by atoms with Gasteiger partial charge in [0.25, 0.3) is 5.91 Å². The molecule has 0 fully saturated rings. The van der Waals surface area contributed by atoms with E-state index in [0.29, 0.717) is 11.5 Å². The van der Waals surface area contributed by atoms with Crippen molar-refractivity contribution in [1.82, 2.24) is 10.5 Å². The van der Waals surface area contributed by atoms with Crippen LogP contribution in [0.25, 0.3) is 0 Å². The van der Waals surface area contributed by atoms with Gasteiger partial charge in [-0.2, -0.15) is 0 Å². The van der Waals surface area contributed by atoms with Crippen LogP contribution in [0.3, 0.4) is 0 Å². The number of nitrogens with one attached hydrogen (secondary N) is 1. The van der Waals surface area contributed by atoms with E-state index in [9.17, 15) is 4.79 Å². The van der Waals surface area contributed by atoms with Gasteiger partial charge in [-0.25, -0.2) is 0 Å². The third-order valence-corrected chi connectivity index (χ3v) is 5.61. The van der Waals surface area contributed by atoms with Crippen molar-refractivity contribution in [3.8, 4) is 0 Å². The minimum Gasteiger partial charge on any atom is -0.361 e. The fourth-order valence-electron chi connectivity index (χ4n) is 3.39. The average molecular weight is 352 g/mol. The summed E-state index contributed by atoms with van der Waals surface area (Å²) in [5, 5.41) is 8.99. The third-order valence-electron chi connectivity index (χ3n) is 4.67.